The number of ether oxygens (including phenoxy) is 1. The molecule has 0 amide bonds. The summed E-state index contributed by atoms with van der Waals surface area (Å²) in [6, 6.07) is 5.96. The van der Waals surface area contributed by atoms with Crippen molar-refractivity contribution in [2.45, 2.75) is 19.8 Å². The van der Waals surface area contributed by atoms with Gasteiger partial charge < -0.3 is 9.84 Å². The molecule has 0 bridgehead atoms. The number of hydrogen-bond acceptors (Lipinski definition) is 3. The van der Waals surface area contributed by atoms with Gasteiger partial charge in [0.2, 0.25) is 0 Å². The first-order valence-electron chi connectivity index (χ1n) is 5.62. The van der Waals surface area contributed by atoms with Crippen molar-refractivity contribution in [3.8, 4) is 11.8 Å². The predicted molar refractivity (Wildman–Crippen MR) is 66.4 cm³/mol. The van der Waals surface area contributed by atoms with Gasteiger partial charge in [0.05, 0.1) is 11.1 Å². The Balaban J connectivity index is 2.64. The van der Waals surface area contributed by atoms with Gasteiger partial charge >= 0.3 is 11.9 Å². The fourth-order valence-corrected chi connectivity index (χ4v) is 1.33. The fourth-order valence-electron chi connectivity index (χ4n) is 1.33. The van der Waals surface area contributed by atoms with Gasteiger partial charge in [0, 0.05) is 12.8 Å². The molecule has 0 unspecified atom stereocenters. The van der Waals surface area contributed by atoms with Crippen molar-refractivity contribution in [1.29, 1.82) is 0 Å². The van der Waals surface area contributed by atoms with E-state index in [2.05, 4.69) is 11.8 Å². The summed E-state index contributed by atoms with van der Waals surface area (Å²) in [6.45, 7) is 2.10. The fraction of sp³-hybridized carbons (Fsp3) is 0.286. The van der Waals surface area contributed by atoms with Gasteiger partial charge in [-0.25, -0.2) is 9.59 Å². The van der Waals surface area contributed by atoms with Crippen LogP contribution >= 0.6 is 0 Å². The molecular weight excluding hydrogens is 232 g/mol. The highest BCUT2D eigenvalue weighted by Gasteiger charge is 2.16. The second-order valence-electron chi connectivity index (χ2n) is 3.44. The van der Waals surface area contributed by atoms with Crippen molar-refractivity contribution in [2.75, 3.05) is 6.61 Å². The van der Waals surface area contributed by atoms with Crippen molar-refractivity contribution >= 4 is 11.9 Å². The average molecular weight is 246 g/mol. The Morgan fingerprint density at radius 3 is 2.50 bits per heavy atom. The van der Waals surface area contributed by atoms with Crippen LogP contribution < -0.4 is 0 Å². The zero-order chi connectivity index (χ0) is 13.4. The van der Waals surface area contributed by atoms with Crippen molar-refractivity contribution in [3.63, 3.8) is 0 Å². The maximum absolute atomic E-state index is 11.7. The predicted octanol–water partition coefficient (Wildman–Crippen LogP) is 2.35. The third-order valence-electron chi connectivity index (χ3n) is 2.14. The van der Waals surface area contributed by atoms with Crippen LogP contribution in [-0.2, 0) is 4.74 Å². The molecule has 1 N–H and O–H groups in total. The number of carbonyl (C=O) groups is 2. The zero-order valence-electron chi connectivity index (χ0n) is 10.1. The van der Waals surface area contributed by atoms with E-state index in [-0.39, 0.29) is 17.7 Å². The normalized spacial score (nSPS) is 9.17. The van der Waals surface area contributed by atoms with Crippen LogP contribution in [0.25, 0.3) is 0 Å². The Morgan fingerprint density at radius 2 is 1.89 bits per heavy atom. The third kappa shape index (κ3) is 3.95. The zero-order valence-corrected chi connectivity index (χ0v) is 10.1. The second-order valence-corrected chi connectivity index (χ2v) is 3.44. The Bertz CT molecular complexity index is 494. The maximum Gasteiger partial charge on any atom is 0.339 e. The van der Waals surface area contributed by atoms with E-state index in [1.807, 2.05) is 6.92 Å². The maximum atomic E-state index is 11.7. The van der Waals surface area contributed by atoms with Crippen molar-refractivity contribution < 1.29 is 19.4 Å². The molecule has 94 valence electrons. The van der Waals surface area contributed by atoms with Crippen LogP contribution in [0.5, 0.6) is 0 Å². The molecule has 1 aromatic rings. The molecule has 1 aromatic carbocycles. The Morgan fingerprint density at radius 1 is 1.22 bits per heavy atom. The Labute approximate surface area is 106 Å². The van der Waals surface area contributed by atoms with Gasteiger partial charge in [0.15, 0.2) is 0 Å². The highest BCUT2D eigenvalue weighted by atomic mass is 16.5. The van der Waals surface area contributed by atoms with E-state index in [0.717, 1.165) is 6.42 Å². The molecule has 0 spiro atoms. The number of rotatable bonds is 4. The molecule has 0 saturated carbocycles. The molecule has 0 aliphatic carbocycles. The number of carboxylic acid groups (broad SMARTS) is 1. The minimum Gasteiger partial charge on any atom is -0.478 e. The van der Waals surface area contributed by atoms with E-state index in [1.165, 1.54) is 12.1 Å². The lowest BCUT2D eigenvalue weighted by molar-refractivity contribution is 0.0502. The number of benzene rings is 1. The molecular formula is C14H14O4. The molecule has 18 heavy (non-hydrogen) atoms. The molecule has 0 saturated heterocycles. The van der Waals surface area contributed by atoms with Crippen molar-refractivity contribution in [1.82, 2.24) is 0 Å². The lowest BCUT2D eigenvalue weighted by atomic mass is 10.1. The van der Waals surface area contributed by atoms with Crippen LogP contribution in [0.3, 0.4) is 0 Å². The SMILES string of the molecule is CCC#CCCOC(=O)c1ccccc1C(=O)O. The molecule has 0 aliphatic rings. The minimum atomic E-state index is -1.15. The lowest BCUT2D eigenvalue weighted by Gasteiger charge is -2.05. The van der Waals surface area contributed by atoms with Gasteiger partial charge in [0.25, 0.3) is 0 Å². The number of carbonyl (C=O) groups excluding carboxylic acids is 1. The molecule has 4 nitrogen and oxygen atoms in total. The Kier molecular flexibility index (Phi) is 5.46. The van der Waals surface area contributed by atoms with Gasteiger partial charge in [-0.05, 0) is 12.1 Å². The van der Waals surface area contributed by atoms with Gasteiger partial charge in [0.1, 0.15) is 6.61 Å². The first-order chi connectivity index (χ1) is 8.66. The van der Waals surface area contributed by atoms with Crippen molar-refractivity contribution in [3.05, 3.63) is 35.4 Å². The van der Waals surface area contributed by atoms with Gasteiger partial charge in [-0.3, -0.25) is 0 Å². The number of hydrogen-bond donors (Lipinski definition) is 1. The van der Waals surface area contributed by atoms with Crippen LogP contribution in [-0.4, -0.2) is 23.7 Å². The molecule has 0 atom stereocenters. The summed E-state index contributed by atoms with van der Waals surface area (Å²) >= 11 is 0. The van der Waals surface area contributed by atoms with E-state index in [1.54, 1.807) is 12.1 Å². The minimum absolute atomic E-state index is 0.0536. The summed E-state index contributed by atoms with van der Waals surface area (Å²) in [4.78, 5) is 22.6. The molecule has 0 aromatic heterocycles. The van der Waals surface area contributed by atoms with Gasteiger partial charge in [-0.1, -0.05) is 25.0 Å². The summed E-state index contributed by atoms with van der Waals surface area (Å²) in [5, 5.41) is 8.93. The largest absolute Gasteiger partial charge is 0.478 e. The van der Waals surface area contributed by atoms with E-state index in [4.69, 9.17) is 9.84 Å². The summed E-state index contributed by atoms with van der Waals surface area (Å²) in [7, 11) is 0. The topological polar surface area (TPSA) is 63.6 Å². The molecule has 0 radical (unpaired) electrons. The first-order valence-corrected chi connectivity index (χ1v) is 5.62. The standard InChI is InChI=1S/C14H14O4/c1-2-3-4-7-10-18-14(17)12-9-6-5-8-11(12)13(15)16/h5-6,8-9H,2,7,10H2,1H3,(H,15,16). The van der Waals surface area contributed by atoms with E-state index < -0.39 is 11.9 Å². The van der Waals surface area contributed by atoms with Crippen LogP contribution in [0.4, 0.5) is 0 Å². The molecule has 0 aliphatic heterocycles. The summed E-state index contributed by atoms with van der Waals surface area (Å²) < 4.78 is 4.96. The molecule has 0 heterocycles. The quantitative estimate of drug-likeness (QED) is 0.503. The van der Waals surface area contributed by atoms with Gasteiger partial charge in [-0.2, -0.15) is 0 Å². The van der Waals surface area contributed by atoms with Crippen LogP contribution in [0, 0.1) is 11.8 Å². The van der Waals surface area contributed by atoms with E-state index in [9.17, 15) is 9.59 Å². The average Bonchev–Trinajstić information content (AvgIpc) is 2.38. The number of carboxylic acids is 1. The summed E-state index contributed by atoms with van der Waals surface area (Å²) in [5.41, 5.74) is 0.00981. The summed E-state index contributed by atoms with van der Waals surface area (Å²) in [5.74, 6) is 3.91. The Hall–Kier alpha value is -2.28. The van der Waals surface area contributed by atoms with Gasteiger partial charge in [-0.15, -0.1) is 5.92 Å². The smallest absolute Gasteiger partial charge is 0.339 e. The first kappa shape index (κ1) is 13.8. The third-order valence-corrected chi connectivity index (χ3v) is 2.14. The van der Waals surface area contributed by atoms with Crippen molar-refractivity contribution in [2.24, 2.45) is 0 Å². The molecule has 4 heteroatoms. The highest BCUT2D eigenvalue weighted by Crippen LogP contribution is 2.10. The van der Waals surface area contributed by atoms with E-state index in [0.29, 0.717) is 6.42 Å². The van der Waals surface area contributed by atoms with Crippen LogP contribution in [0.2, 0.25) is 0 Å². The molecule has 0 fully saturated rings. The monoisotopic (exact) mass is 246 g/mol. The van der Waals surface area contributed by atoms with E-state index >= 15 is 0 Å². The highest BCUT2D eigenvalue weighted by molar-refractivity contribution is 6.02. The van der Waals surface area contributed by atoms with Crippen LogP contribution in [0.1, 0.15) is 40.5 Å². The lowest BCUT2D eigenvalue weighted by Crippen LogP contribution is -2.12. The second kappa shape index (κ2) is 7.13. The summed E-state index contributed by atoms with van der Waals surface area (Å²) in [6.07, 6.45) is 1.21. The van der Waals surface area contributed by atoms with Crippen LogP contribution in [0.15, 0.2) is 24.3 Å². The molecule has 1 rings (SSSR count). The number of aromatic carboxylic acids is 1. The number of esters is 1.